The number of hydrogen-bond acceptors (Lipinski definition) is 4. The summed E-state index contributed by atoms with van der Waals surface area (Å²) in [7, 11) is 0. The summed E-state index contributed by atoms with van der Waals surface area (Å²) in [5, 5.41) is 3.00. The molecule has 120 valence electrons. The van der Waals surface area contributed by atoms with Crippen LogP contribution in [0.1, 0.15) is 25.7 Å². The lowest BCUT2D eigenvalue weighted by Crippen LogP contribution is -2.40. The minimum absolute atomic E-state index is 0.161. The largest absolute Gasteiger partial charge is 0.379 e. The van der Waals surface area contributed by atoms with Crippen LogP contribution in [0.25, 0.3) is 0 Å². The number of nitrogens with one attached hydrogen (secondary N) is 1. The van der Waals surface area contributed by atoms with E-state index in [2.05, 4.69) is 15.2 Å². The molecule has 1 aromatic rings. The number of carbonyl (C=O) groups is 1. The summed E-state index contributed by atoms with van der Waals surface area (Å²) >= 11 is 0. The van der Waals surface area contributed by atoms with Crippen LogP contribution in [0.4, 0.5) is 5.69 Å². The SMILES string of the molecule is O=C(Nc1ccncc1)[C@H]1CC[C@H](CN2CCOCC2)CC1. The van der Waals surface area contributed by atoms with Crippen LogP contribution in [0.15, 0.2) is 24.5 Å². The molecule has 1 aliphatic heterocycles. The van der Waals surface area contributed by atoms with E-state index in [0.29, 0.717) is 0 Å². The molecule has 0 radical (unpaired) electrons. The van der Waals surface area contributed by atoms with Gasteiger partial charge < -0.3 is 10.1 Å². The number of nitrogens with zero attached hydrogens (tertiary/aromatic N) is 2. The minimum Gasteiger partial charge on any atom is -0.379 e. The molecule has 0 unspecified atom stereocenters. The molecule has 0 spiro atoms. The molecule has 1 N–H and O–H groups in total. The average Bonchev–Trinajstić information content (AvgIpc) is 2.57. The van der Waals surface area contributed by atoms with E-state index in [1.165, 1.54) is 6.54 Å². The van der Waals surface area contributed by atoms with Crippen LogP contribution in [0.3, 0.4) is 0 Å². The van der Waals surface area contributed by atoms with Gasteiger partial charge in [-0.3, -0.25) is 14.7 Å². The number of pyridine rings is 1. The standard InChI is InChI=1S/C17H25N3O2/c21-17(19-16-5-7-18-8-6-16)15-3-1-14(2-4-15)13-20-9-11-22-12-10-20/h5-8,14-15H,1-4,9-13H2,(H,18,19,21)/t14-,15-. The second-order valence-electron chi connectivity index (χ2n) is 6.36. The number of ether oxygens (including phenoxy) is 1. The molecule has 0 atom stereocenters. The molecule has 2 fully saturated rings. The first-order chi connectivity index (χ1) is 10.8. The first kappa shape index (κ1) is 15.4. The Labute approximate surface area is 132 Å². The molecule has 1 saturated heterocycles. The third kappa shape index (κ3) is 4.27. The van der Waals surface area contributed by atoms with E-state index in [4.69, 9.17) is 4.74 Å². The number of amides is 1. The molecule has 0 bridgehead atoms. The van der Waals surface area contributed by atoms with E-state index in [9.17, 15) is 4.79 Å². The van der Waals surface area contributed by atoms with E-state index in [1.807, 2.05) is 12.1 Å². The van der Waals surface area contributed by atoms with Crippen molar-refractivity contribution in [3.05, 3.63) is 24.5 Å². The zero-order valence-electron chi connectivity index (χ0n) is 13.0. The quantitative estimate of drug-likeness (QED) is 0.926. The summed E-state index contributed by atoms with van der Waals surface area (Å²) in [6.45, 7) is 5.01. The predicted molar refractivity (Wildman–Crippen MR) is 85.6 cm³/mol. The Kier molecular flexibility index (Phi) is 5.40. The van der Waals surface area contributed by atoms with Gasteiger partial charge >= 0.3 is 0 Å². The van der Waals surface area contributed by atoms with E-state index in [0.717, 1.165) is 63.6 Å². The molecule has 1 aromatic heterocycles. The van der Waals surface area contributed by atoms with Gasteiger partial charge in [-0.2, -0.15) is 0 Å². The normalized spacial score (nSPS) is 26.5. The van der Waals surface area contributed by atoms with Gasteiger partial charge in [0.2, 0.25) is 5.91 Å². The number of rotatable bonds is 4. The summed E-state index contributed by atoms with van der Waals surface area (Å²) in [4.78, 5) is 18.8. The first-order valence-corrected chi connectivity index (χ1v) is 8.32. The van der Waals surface area contributed by atoms with Crippen LogP contribution >= 0.6 is 0 Å². The molecule has 22 heavy (non-hydrogen) atoms. The molecule has 5 nitrogen and oxygen atoms in total. The highest BCUT2D eigenvalue weighted by atomic mass is 16.5. The monoisotopic (exact) mass is 303 g/mol. The molecule has 3 rings (SSSR count). The number of hydrogen-bond donors (Lipinski definition) is 1. The van der Waals surface area contributed by atoms with Crippen molar-refractivity contribution in [3.8, 4) is 0 Å². The maximum absolute atomic E-state index is 12.3. The lowest BCUT2D eigenvalue weighted by Gasteiger charge is -2.34. The summed E-state index contributed by atoms with van der Waals surface area (Å²) in [6, 6.07) is 3.67. The van der Waals surface area contributed by atoms with E-state index in [1.54, 1.807) is 12.4 Å². The maximum atomic E-state index is 12.3. The second kappa shape index (κ2) is 7.70. The minimum atomic E-state index is 0.161. The van der Waals surface area contributed by atoms with Crippen molar-refractivity contribution in [1.29, 1.82) is 0 Å². The van der Waals surface area contributed by atoms with Crippen LogP contribution in [0, 0.1) is 11.8 Å². The summed E-state index contributed by atoms with van der Waals surface area (Å²) < 4.78 is 5.39. The molecule has 0 aromatic carbocycles. The van der Waals surface area contributed by atoms with Gasteiger partial charge in [0, 0.05) is 43.6 Å². The van der Waals surface area contributed by atoms with Gasteiger partial charge in [-0.25, -0.2) is 0 Å². The van der Waals surface area contributed by atoms with Crippen LogP contribution in [-0.2, 0) is 9.53 Å². The van der Waals surface area contributed by atoms with Gasteiger partial charge in [0.25, 0.3) is 0 Å². The van der Waals surface area contributed by atoms with Crippen molar-refractivity contribution in [2.45, 2.75) is 25.7 Å². The van der Waals surface area contributed by atoms with Crippen molar-refractivity contribution in [2.24, 2.45) is 11.8 Å². The molecule has 1 saturated carbocycles. The summed E-state index contributed by atoms with van der Waals surface area (Å²) in [5.74, 6) is 1.06. The van der Waals surface area contributed by atoms with Crippen molar-refractivity contribution in [2.75, 3.05) is 38.2 Å². The fraction of sp³-hybridized carbons (Fsp3) is 0.647. The van der Waals surface area contributed by atoms with E-state index >= 15 is 0 Å². The van der Waals surface area contributed by atoms with Crippen molar-refractivity contribution >= 4 is 11.6 Å². The Morgan fingerprint density at radius 2 is 1.86 bits per heavy atom. The molecular formula is C17H25N3O2. The Balaban J connectivity index is 1.42. The molecule has 1 amide bonds. The van der Waals surface area contributed by atoms with Crippen LogP contribution in [-0.4, -0.2) is 48.6 Å². The number of morpholine rings is 1. The highest BCUT2D eigenvalue weighted by Gasteiger charge is 2.27. The maximum Gasteiger partial charge on any atom is 0.227 e. The molecule has 2 aliphatic rings. The van der Waals surface area contributed by atoms with Gasteiger partial charge in [-0.05, 0) is 43.7 Å². The second-order valence-corrected chi connectivity index (χ2v) is 6.36. The third-order valence-corrected chi connectivity index (χ3v) is 4.79. The smallest absolute Gasteiger partial charge is 0.227 e. The Bertz CT molecular complexity index is 466. The zero-order valence-corrected chi connectivity index (χ0v) is 13.0. The van der Waals surface area contributed by atoms with Gasteiger partial charge in [0.05, 0.1) is 13.2 Å². The highest BCUT2D eigenvalue weighted by molar-refractivity contribution is 5.92. The fourth-order valence-corrected chi connectivity index (χ4v) is 3.44. The predicted octanol–water partition coefficient (Wildman–Crippen LogP) is 2.16. The molecule has 1 aliphatic carbocycles. The van der Waals surface area contributed by atoms with Gasteiger partial charge in [-0.1, -0.05) is 0 Å². The van der Waals surface area contributed by atoms with E-state index in [-0.39, 0.29) is 11.8 Å². The van der Waals surface area contributed by atoms with Crippen LogP contribution in [0.2, 0.25) is 0 Å². The lowest BCUT2D eigenvalue weighted by atomic mass is 9.81. The van der Waals surface area contributed by atoms with Crippen molar-refractivity contribution < 1.29 is 9.53 Å². The highest BCUT2D eigenvalue weighted by Crippen LogP contribution is 2.30. The van der Waals surface area contributed by atoms with Crippen LogP contribution in [0.5, 0.6) is 0 Å². The topological polar surface area (TPSA) is 54.5 Å². The zero-order chi connectivity index (χ0) is 15.2. The third-order valence-electron chi connectivity index (χ3n) is 4.79. The van der Waals surface area contributed by atoms with E-state index < -0.39 is 0 Å². The Morgan fingerprint density at radius 1 is 1.18 bits per heavy atom. The lowest BCUT2D eigenvalue weighted by molar-refractivity contribution is -0.121. The number of anilines is 1. The number of carbonyl (C=O) groups excluding carboxylic acids is 1. The fourth-order valence-electron chi connectivity index (χ4n) is 3.44. The Hall–Kier alpha value is -1.46. The van der Waals surface area contributed by atoms with Gasteiger partial charge in [0.15, 0.2) is 0 Å². The molecule has 2 heterocycles. The first-order valence-electron chi connectivity index (χ1n) is 8.32. The average molecular weight is 303 g/mol. The Morgan fingerprint density at radius 3 is 2.55 bits per heavy atom. The summed E-state index contributed by atoms with van der Waals surface area (Å²) in [5.41, 5.74) is 0.843. The van der Waals surface area contributed by atoms with Crippen molar-refractivity contribution in [3.63, 3.8) is 0 Å². The summed E-state index contributed by atoms with van der Waals surface area (Å²) in [6.07, 6.45) is 7.74. The van der Waals surface area contributed by atoms with Crippen LogP contribution < -0.4 is 5.32 Å². The number of aromatic nitrogens is 1. The molecule has 5 heteroatoms. The molecular weight excluding hydrogens is 278 g/mol. The van der Waals surface area contributed by atoms with Gasteiger partial charge in [-0.15, -0.1) is 0 Å². The van der Waals surface area contributed by atoms with Crippen molar-refractivity contribution in [1.82, 2.24) is 9.88 Å². The van der Waals surface area contributed by atoms with Gasteiger partial charge in [0.1, 0.15) is 0 Å².